The van der Waals surface area contributed by atoms with E-state index in [4.69, 9.17) is 14.7 Å². The number of esters is 1. The minimum absolute atomic E-state index is 0.394. The fourth-order valence-corrected chi connectivity index (χ4v) is 1.83. The van der Waals surface area contributed by atoms with Crippen LogP contribution in [0.1, 0.15) is 12.5 Å². The number of ether oxygens (including phenoxy) is 2. The first-order valence-corrected chi connectivity index (χ1v) is 7.27. The molecule has 0 aliphatic heterocycles. The Kier molecular flexibility index (Phi) is 5.92. The Morgan fingerprint density at radius 3 is 2.42 bits per heavy atom. The Balaban J connectivity index is 1.78. The van der Waals surface area contributed by atoms with Gasteiger partial charge in [-0.2, -0.15) is 5.26 Å². The van der Waals surface area contributed by atoms with Crippen LogP contribution < -0.4 is 10.1 Å². The van der Waals surface area contributed by atoms with E-state index in [2.05, 4.69) is 5.32 Å². The maximum absolute atomic E-state index is 11.8. The fraction of sp³-hybridized carbons (Fsp3) is 0.167. The van der Waals surface area contributed by atoms with Gasteiger partial charge in [0.25, 0.3) is 5.91 Å². The van der Waals surface area contributed by atoms with Gasteiger partial charge in [-0.15, -0.1) is 0 Å². The second-order valence-corrected chi connectivity index (χ2v) is 4.92. The van der Waals surface area contributed by atoms with Crippen LogP contribution in [-0.2, 0) is 14.3 Å². The van der Waals surface area contributed by atoms with Gasteiger partial charge in [0, 0.05) is 5.69 Å². The van der Waals surface area contributed by atoms with Gasteiger partial charge in [0.15, 0.2) is 12.7 Å². The zero-order valence-corrected chi connectivity index (χ0v) is 13.1. The minimum atomic E-state index is -0.873. The highest BCUT2D eigenvalue weighted by Crippen LogP contribution is 2.14. The largest absolute Gasteiger partial charge is 0.479 e. The van der Waals surface area contributed by atoms with Gasteiger partial charge in [-0.25, -0.2) is 4.79 Å². The Labute approximate surface area is 139 Å². The summed E-state index contributed by atoms with van der Waals surface area (Å²) in [5.41, 5.74) is 1.12. The number of anilines is 1. The van der Waals surface area contributed by atoms with Crippen LogP contribution in [0.5, 0.6) is 5.75 Å². The number of nitrogens with zero attached hydrogens (tertiary/aromatic N) is 1. The van der Waals surface area contributed by atoms with E-state index >= 15 is 0 Å². The van der Waals surface area contributed by atoms with Crippen LogP contribution in [0.3, 0.4) is 0 Å². The molecule has 2 aromatic rings. The number of rotatable bonds is 6. The summed E-state index contributed by atoms with van der Waals surface area (Å²) in [6, 6.07) is 17.2. The van der Waals surface area contributed by atoms with Crippen molar-refractivity contribution in [3.63, 3.8) is 0 Å². The highest BCUT2D eigenvalue weighted by atomic mass is 16.6. The number of benzene rings is 2. The Morgan fingerprint density at radius 2 is 1.79 bits per heavy atom. The van der Waals surface area contributed by atoms with Gasteiger partial charge < -0.3 is 14.8 Å². The molecule has 122 valence electrons. The summed E-state index contributed by atoms with van der Waals surface area (Å²) in [7, 11) is 0. The number of amides is 1. The van der Waals surface area contributed by atoms with Crippen molar-refractivity contribution < 1.29 is 19.1 Å². The molecule has 0 aromatic heterocycles. The van der Waals surface area contributed by atoms with Gasteiger partial charge in [0.05, 0.1) is 11.6 Å². The van der Waals surface area contributed by atoms with E-state index in [0.29, 0.717) is 17.0 Å². The molecule has 0 radical (unpaired) electrons. The van der Waals surface area contributed by atoms with Crippen molar-refractivity contribution in [2.75, 3.05) is 11.9 Å². The van der Waals surface area contributed by atoms with Gasteiger partial charge >= 0.3 is 5.97 Å². The summed E-state index contributed by atoms with van der Waals surface area (Å²) in [5.74, 6) is -0.644. The van der Waals surface area contributed by atoms with E-state index in [-0.39, 0.29) is 0 Å². The van der Waals surface area contributed by atoms with Crippen molar-refractivity contribution in [3.8, 4) is 11.8 Å². The lowest BCUT2D eigenvalue weighted by atomic mass is 10.2. The number of nitriles is 1. The van der Waals surface area contributed by atoms with Crippen molar-refractivity contribution in [1.29, 1.82) is 5.26 Å². The van der Waals surface area contributed by atoms with Crippen LogP contribution in [0.15, 0.2) is 54.6 Å². The maximum atomic E-state index is 11.8. The molecular weight excluding hydrogens is 308 g/mol. The van der Waals surface area contributed by atoms with Crippen LogP contribution in [-0.4, -0.2) is 24.6 Å². The average Bonchev–Trinajstić information content (AvgIpc) is 2.61. The molecule has 1 N–H and O–H groups in total. The molecule has 0 aliphatic rings. The molecule has 24 heavy (non-hydrogen) atoms. The average molecular weight is 324 g/mol. The lowest BCUT2D eigenvalue weighted by Crippen LogP contribution is -2.29. The number of hydrogen-bond acceptors (Lipinski definition) is 5. The van der Waals surface area contributed by atoms with E-state index in [9.17, 15) is 9.59 Å². The monoisotopic (exact) mass is 324 g/mol. The van der Waals surface area contributed by atoms with Crippen molar-refractivity contribution >= 4 is 17.6 Å². The predicted octanol–water partition coefficient (Wildman–Crippen LogP) is 2.51. The Bertz CT molecular complexity index is 736. The number of para-hydroxylation sites is 1. The highest BCUT2D eigenvalue weighted by molar-refractivity contribution is 5.93. The first-order chi connectivity index (χ1) is 11.6. The zero-order valence-electron chi connectivity index (χ0n) is 13.1. The van der Waals surface area contributed by atoms with Crippen molar-refractivity contribution in [2.24, 2.45) is 0 Å². The van der Waals surface area contributed by atoms with E-state index in [0.717, 1.165) is 0 Å². The molecule has 1 amide bonds. The number of carbonyl (C=O) groups is 2. The molecule has 1 atom stereocenters. The minimum Gasteiger partial charge on any atom is -0.479 e. The van der Waals surface area contributed by atoms with Gasteiger partial charge in [-0.05, 0) is 43.3 Å². The summed E-state index contributed by atoms with van der Waals surface area (Å²) in [6.45, 7) is 1.13. The molecule has 0 heterocycles. The first-order valence-electron chi connectivity index (χ1n) is 7.27. The third kappa shape index (κ3) is 5.14. The van der Waals surface area contributed by atoms with Crippen LogP contribution >= 0.6 is 0 Å². The molecule has 0 saturated carbocycles. The second kappa shape index (κ2) is 8.34. The van der Waals surface area contributed by atoms with Crippen LogP contribution in [0.25, 0.3) is 0 Å². The normalized spacial score (nSPS) is 11.0. The molecule has 2 aromatic carbocycles. The van der Waals surface area contributed by atoms with Crippen molar-refractivity contribution in [1.82, 2.24) is 0 Å². The quantitative estimate of drug-likeness (QED) is 0.825. The summed E-state index contributed by atoms with van der Waals surface area (Å²) >= 11 is 0. The second-order valence-electron chi connectivity index (χ2n) is 4.92. The standard InChI is InChI=1S/C18H16N2O4/c1-13(24-16-9-7-14(11-19)8-10-16)18(22)23-12-17(21)20-15-5-3-2-4-6-15/h2-10,13H,12H2,1H3,(H,20,21)/t13-/m1/s1. The molecule has 0 aliphatic carbocycles. The Hall–Kier alpha value is -3.33. The fourth-order valence-electron chi connectivity index (χ4n) is 1.83. The van der Waals surface area contributed by atoms with Crippen molar-refractivity contribution in [3.05, 3.63) is 60.2 Å². The molecular formula is C18H16N2O4. The van der Waals surface area contributed by atoms with Gasteiger partial charge in [0.2, 0.25) is 0 Å². The lowest BCUT2D eigenvalue weighted by Gasteiger charge is -2.14. The molecule has 0 saturated heterocycles. The summed E-state index contributed by atoms with van der Waals surface area (Å²) < 4.78 is 10.3. The number of nitrogens with one attached hydrogen (secondary N) is 1. The van der Waals surface area contributed by atoms with Gasteiger partial charge in [-0.3, -0.25) is 4.79 Å². The van der Waals surface area contributed by atoms with Gasteiger partial charge in [0.1, 0.15) is 5.75 Å². The van der Waals surface area contributed by atoms with E-state index in [1.54, 1.807) is 48.5 Å². The van der Waals surface area contributed by atoms with Gasteiger partial charge in [-0.1, -0.05) is 18.2 Å². The molecule has 2 rings (SSSR count). The van der Waals surface area contributed by atoms with Crippen LogP contribution in [0.2, 0.25) is 0 Å². The summed E-state index contributed by atoms with van der Waals surface area (Å²) in [5, 5.41) is 11.3. The van der Waals surface area contributed by atoms with Crippen LogP contribution in [0, 0.1) is 11.3 Å². The highest BCUT2D eigenvalue weighted by Gasteiger charge is 2.17. The lowest BCUT2D eigenvalue weighted by molar-refractivity contribution is -0.153. The zero-order chi connectivity index (χ0) is 17.4. The van der Waals surface area contributed by atoms with E-state index in [1.807, 2.05) is 12.1 Å². The molecule has 6 nitrogen and oxygen atoms in total. The molecule has 0 unspecified atom stereocenters. The Morgan fingerprint density at radius 1 is 1.12 bits per heavy atom. The molecule has 0 spiro atoms. The molecule has 0 fully saturated rings. The predicted molar refractivity (Wildman–Crippen MR) is 87.3 cm³/mol. The van der Waals surface area contributed by atoms with E-state index in [1.165, 1.54) is 6.92 Å². The summed E-state index contributed by atoms with van der Waals surface area (Å²) in [4.78, 5) is 23.6. The molecule has 6 heteroatoms. The van der Waals surface area contributed by atoms with Crippen molar-refractivity contribution in [2.45, 2.75) is 13.0 Å². The van der Waals surface area contributed by atoms with Crippen LogP contribution in [0.4, 0.5) is 5.69 Å². The van der Waals surface area contributed by atoms with E-state index < -0.39 is 24.6 Å². The number of hydrogen-bond donors (Lipinski definition) is 1. The smallest absolute Gasteiger partial charge is 0.347 e. The SMILES string of the molecule is C[C@@H](Oc1ccc(C#N)cc1)C(=O)OCC(=O)Nc1ccccc1. The number of carbonyl (C=O) groups excluding carboxylic acids is 2. The summed E-state index contributed by atoms with van der Waals surface area (Å²) in [6.07, 6.45) is -0.873. The third-order valence-electron chi connectivity index (χ3n) is 3.03. The molecule has 0 bridgehead atoms. The first kappa shape index (κ1) is 17.0. The third-order valence-corrected chi connectivity index (χ3v) is 3.03. The maximum Gasteiger partial charge on any atom is 0.347 e. The topological polar surface area (TPSA) is 88.4 Å².